The molecule has 0 spiro atoms. The maximum absolute atomic E-state index is 10.8. The second-order valence-electron chi connectivity index (χ2n) is 2.56. The van der Waals surface area contributed by atoms with Gasteiger partial charge in [-0.05, 0) is 13.8 Å². The molecule has 74 valence electrons. The number of ether oxygens (including phenoxy) is 2. The van der Waals surface area contributed by atoms with Gasteiger partial charge in [-0.1, -0.05) is 5.57 Å². The fourth-order valence-electron chi connectivity index (χ4n) is 0.562. The van der Waals surface area contributed by atoms with E-state index in [2.05, 4.69) is 15.2 Å². The highest BCUT2D eigenvalue weighted by molar-refractivity contribution is 5.82. The highest BCUT2D eigenvalue weighted by Gasteiger charge is 1.98. The molecule has 0 saturated carbocycles. The summed E-state index contributed by atoms with van der Waals surface area (Å²) in [6.45, 7) is 3.56. The topological polar surface area (TPSA) is 78.6 Å². The van der Waals surface area contributed by atoms with Crippen LogP contribution in [0.2, 0.25) is 0 Å². The Hall–Kier alpha value is -1.52. The number of esters is 1. The summed E-state index contributed by atoms with van der Waals surface area (Å²) in [5.74, 6) is -0.451. The average molecular weight is 187 g/mol. The van der Waals surface area contributed by atoms with Gasteiger partial charge in [-0.15, -0.1) is 0 Å². The predicted molar refractivity (Wildman–Crippen MR) is 45.9 cm³/mol. The van der Waals surface area contributed by atoms with Crippen molar-refractivity contribution < 1.29 is 19.1 Å². The van der Waals surface area contributed by atoms with E-state index in [4.69, 9.17) is 0 Å². The van der Waals surface area contributed by atoms with Gasteiger partial charge in [-0.25, -0.2) is 9.59 Å². The van der Waals surface area contributed by atoms with E-state index >= 15 is 0 Å². The molecule has 0 aliphatic rings. The van der Waals surface area contributed by atoms with Crippen LogP contribution >= 0.6 is 0 Å². The number of primary amides is 1. The molecule has 0 aromatic rings. The Bertz CT molecular complexity index is 218. The molecule has 0 aromatic heterocycles. The summed E-state index contributed by atoms with van der Waals surface area (Å²) in [5.41, 5.74) is 5.52. The van der Waals surface area contributed by atoms with Crippen molar-refractivity contribution in [2.24, 2.45) is 5.73 Å². The highest BCUT2D eigenvalue weighted by atomic mass is 16.6. The molecule has 2 N–H and O–H groups in total. The van der Waals surface area contributed by atoms with Gasteiger partial charge in [0.15, 0.2) is 0 Å². The van der Waals surface area contributed by atoms with Crippen LogP contribution in [0.1, 0.15) is 13.8 Å². The number of hydrogen-bond acceptors (Lipinski definition) is 4. The molecule has 0 heterocycles. The lowest BCUT2D eigenvalue weighted by Gasteiger charge is -2.01. The first-order valence-corrected chi connectivity index (χ1v) is 3.76. The van der Waals surface area contributed by atoms with Crippen molar-refractivity contribution in [2.45, 2.75) is 13.8 Å². The molecular weight excluding hydrogens is 174 g/mol. The maximum atomic E-state index is 10.8. The largest absolute Gasteiger partial charge is 0.459 e. The van der Waals surface area contributed by atoms with Crippen LogP contribution in [-0.2, 0) is 14.3 Å². The lowest BCUT2D eigenvalue weighted by atomic mass is 10.3. The van der Waals surface area contributed by atoms with Crippen LogP contribution in [0.3, 0.4) is 0 Å². The first kappa shape index (κ1) is 11.5. The standard InChI is InChI=1S/C8H13NO4/c1-6(2)5-7(10)12-3-4-13-8(9)11/h5H,3-4H2,1-2H3,(H2,9,11). The van der Waals surface area contributed by atoms with Crippen LogP contribution in [0.5, 0.6) is 0 Å². The van der Waals surface area contributed by atoms with Crippen LogP contribution in [0.25, 0.3) is 0 Å². The first-order chi connectivity index (χ1) is 6.02. The van der Waals surface area contributed by atoms with Crippen molar-refractivity contribution in [3.63, 3.8) is 0 Å². The minimum atomic E-state index is -0.877. The molecule has 0 unspecified atom stereocenters. The second-order valence-corrected chi connectivity index (χ2v) is 2.56. The van der Waals surface area contributed by atoms with Crippen molar-refractivity contribution in [1.82, 2.24) is 0 Å². The van der Waals surface area contributed by atoms with E-state index in [1.54, 1.807) is 13.8 Å². The number of allylic oxidation sites excluding steroid dienone is 1. The average Bonchev–Trinajstić information content (AvgIpc) is 1.96. The van der Waals surface area contributed by atoms with Gasteiger partial charge in [-0.2, -0.15) is 0 Å². The Labute approximate surface area is 76.5 Å². The first-order valence-electron chi connectivity index (χ1n) is 3.76. The summed E-state index contributed by atoms with van der Waals surface area (Å²) < 4.78 is 8.99. The van der Waals surface area contributed by atoms with Gasteiger partial charge >= 0.3 is 12.1 Å². The molecule has 0 saturated heterocycles. The zero-order valence-electron chi connectivity index (χ0n) is 7.70. The fourth-order valence-corrected chi connectivity index (χ4v) is 0.562. The molecule has 0 radical (unpaired) electrons. The summed E-state index contributed by atoms with van der Waals surface area (Å²) in [6.07, 6.45) is 0.475. The Morgan fingerprint density at radius 2 is 1.77 bits per heavy atom. The third-order valence-corrected chi connectivity index (χ3v) is 0.979. The van der Waals surface area contributed by atoms with Gasteiger partial charge in [-0.3, -0.25) is 0 Å². The molecule has 13 heavy (non-hydrogen) atoms. The van der Waals surface area contributed by atoms with Gasteiger partial charge in [0.1, 0.15) is 13.2 Å². The van der Waals surface area contributed by atoms with Gasteiger partial charge in [0.25, 0.3) is 0 Å². The van der Waals surface area contributed by atoms with Crippen molar-refractivity contribution in [3.05, 3.63) is 11.6 Å². The zero-order valence-corrected chi connectivity index (χ0v) is 7.70. The second kappa shape index (κ2) is 6.05. The Balaban J connectivity index is 3.49. The van der Waals surface area contributed by atoms with Crippen LogP contribution < -0.4 is 5.73 Å². The number of hydrogen-bond donors (Lipinski definition) is 1. The van der Waals surface area contributed by atoms with Crippen molar-refractivity contribution in [2.75, 3.05) is 13.2 Å². The van der Waals surface area contributed by atoms with E-state index in [-0.39, 0.29) is 13.2 Å². The van der Waals surface area contributed by atoms with Crippen molar-refractivity contribution >= 4 is 12.1 Å². The van der Waals surface area contributed by atoms with E-state index in [1.807, 2.05) is 0 Å². The molecule has 0 aromatic carbocycles. The third-order valence-electron chi connectivity index (χ3n) is 0.979. The predicted octanol–water partition coefficient (Wildman–Crippen LogP) is 0.591. The SMILES string of the molecule is CC(C)=CC(=O)OCCOC(N)=O. The summed E-state index contributed by atoms with van der Waals surface area (Å²) >= 11 is 0. The fraction of sp³-hybridized carbons (Fsp3) is 0.500. The third kappa shape index (κ3) is 8.39. The number of rotatable bonds is 4. The Morgan fingerprint density at radius 1 is 1.23 bits per heavy atom. The van der Waals surface area contributed by atoms with E-state index in [0.717, 1.165) is 5.57 Å². The molecule has 0 bridgehead atoms. The molecule has 5 heteroatoms. The van der Waals surface area contributed by atoms with E-state index in [1.165, 1.54) is 6.08 Å². The van der Waals surface area contributed by atoms with E-state index < -0.39 is 12.1 Å². The van der Waals surface area contributed by atoms with Gasteiger partial charge in [0.05, 0.1) is 0 Å². The normalized spacial score (nSPS) is 8.77. The summed E-state index contributed by atoms with van der Waals surface area (Å²) in [6, 6.07) is 0. The van der Waals surface area contributed by atoms with Gasteiger partial charge in [0.2, 0.25) is 0 Å². The summed E-state index contributed by atoms with van der Waals surface area (Å²) in [4.78, 5) is 20.9. The van der Waals surface area contributed by atoms with Gasteiger partial charge in [0, 0.05) is 6.08 Å². The summed E-state index contributed by atoms with van der Waals surface area (Å²) in [7, 11) is 0. The molecule has 0 atom stereocenters. The van der Waals surface area contributed by atoms with E-state index in [0.29, 0.717) is 0 Å². The summed E-state index contributed by atoms with van der Waals surface area (Å²) in [5, 5.41) is 0. The highest BCUT2D eigenvalue weighted by Crippen LogP contribution is 1.90. The van der Waals surface area contributed by atoms with Crippen LogP contribution in [0.15, 0.2) is 11.6 Å². The molecule has 1 amide bonds. The van der Waals surface area contributed by atoms with Crippen LogP contribution in [-0.4, -0.2) is 25.3 Å². The molecule has 0 aliphatic heterocycles. The number of nitrogens with two attached hydrogens (primary N) is 1. The molecule has 0 rings (SSSR count). The van der Waals surface area contributed by atoms with Gasteiger partial charge < -0.3 is 15.2 Å². The minimum Gasteiger partial charge on any atom is -0.459 e. The number of amides is 1. The lowest BCUT2D eigenvalue weighted by Crippen LogP contribution is -2.17. The smallest absolute Gasteiger partial charge is 0.404 e. The molecule has 0 fully saturated rings. The molecule has 0 aliphatic carbocycles. The van der Waals surface area contributed by atoms with Crippen LogP contribution in [0, 0.1) is 0 Å². The Kier molecular flexibility index (Phi) is 5.34. The monoisotopic (exact) mass is 187 g/mol. The number of carbonyl (C=O) groups excluding carboxylic acids is 2. The minimum absolute atomic E-state index is 0.0162. The van der Waals surface area contributed by atoms with Crippen molar-refractivity contribution in [3.8, 4) is 0 Å². The van der Waals surface area contributed by atoms with Crippen molar-refractivity contribution in [1.29, 1.82) is 0 Å². The van der Waals surface area contributed by atoms with E-state index in [9.17, 15) is 9.59 Å². The maximum Gasteiger partial charge on any atom is 0.404 e. The molecular formula is C8H13NO4. The lowest BCUT2D eigenvalue weighted by molar-refractivity contribution is -0.138. The number of carbonyl (C=O) groups is 2. The van der Waals surface area contributed by atoms with Crippen LogP contribution in [0.4, 0.5) is 4.79 Å². The molecule has 5 nitrogen and oxygen atoms in total. The zero-order chi connectivity index (χ0) is 10.3. The Morgan fingerprint density at radius 3 is 2.23 bits per heavy atom. The quantitative estimate of drug-likeness (QED) is 0.397.